The van der Waals surface area contributed by atoms with E-state index >= 15 is 0 Å². The summed E-state index contributed by atoms with van der Waals surface area (Å²) in [6.45, 7) is 18.5. The molecule has 3 nitrogen and oxygen atoms in total. The number of para-hydroxylation sites is 1. The fraction of sp³-hybridized carbons (Fsp3) is 0.208. The highest BCUT2D eigenvalue weighted by Crippen LogP contribution is 2.55. The van der Waals surface area contributed by atoms with Crippen LogP contribution in [0.4, 0.5) is 17.1 Å². The molecule has 276 valence electrons. The molecule has 1 aliphatic rings. The fourth-order valence-corrected chi connectivity index (χ4v) is 9.12. The van der Waals surface area contributed by atoms with Gasteiger partial charge in [-0.25, -0.2) is 0 Å². The summed E-state index contributed by atoms with van der Waals surface area (Å²) in [5, 5.41) is 4.64. The van der Waals surface area contributed by atoms with Gasteiger partial charge in [0.2, 0.25) is 0 Å². The summed E-state index contributed by atoms with van der Waals surface area (Å²) in [5.41, 5.74) is 16.8. The van der Waals surface area contributed by atoms with E-state index in [1.54, 1.807) is 0 Å². The second kappa shape index (κ2) is 12.0. The third-order valence-corrected chi connectivity index (χ3v) is 12.1. The lowest BCUT2D eigenvalue weighted by Gasteiger charge is -2.28. The summed E-state index contributed by atoms with van der Waals surface area (Å²) >= 11 is 0. The largest absolute Gasteiger partial charge is 0.456 e. The maximum Gasteiger partial charge on any atom is 0.139 e. The van der Waals surface area contributed by atoms with Crippen molar-refractivity contribution in [1.82, 2.24) is 0 Å². The Balaban J connectivity index is 1.21. The predicted octanol–water partition coefficient (Wildman–Crippen LogP) is 15.5. The van der Waals surface area contributed by atoms with E-state index in [0.29, 0.717) is 0 Å². The van der Waals surface area contributed by atoms with Crippen molar-refractivity contribution in [3.05, 3.63) is 162 Å². The molecule has 0 bridgehead atoms. The molecule has 0 amide bonds. The third-order valence-electron chi connectivity index (χ3n) is 12.1. The van der Waals surface area contributed by atoms with Gasteiger partial charge in [-0.05, 0) is 104 Å². The number of furan rings is 2. The van der Waals surface area contributed by atoms with Crippen LogP contribution in [0.2, 0.25) is 0 Å². The van der Waals surface area contributed by atoms with Crippen LogP contribution in [-0.2, 0) is 16.2 Å². The van der Waals surface area contributed by atoms with Gasteiger partial charge in [0.25, 0.3) is 0 Å². The molecule has 0 atom stereocenters. The number of rotatable bonds is 4. The Bertz CT molecular complexity index is 3000. The highest BCUT2D eigenvalue weighted by Gasteiger charge is 2.39. The Morgan fingerprint density at radius 1 is 0.500 bits per heavy atom. The van der Waals surface area contributed by atoms with Crippen molar-refractivity contribution in [3.63, 3.8) is 0 Å². The molecule has 9 aromatic rings. The van der Waals surface area contributed by atoms with Crippen LogP contribution >= 0.6 is 0 Å². The van der Waals surface area contributed by atoms with E-state index in [0.717, 1.165) is 50.2 Å². The van der Waals surface area contributed by atoms with E-state index in [-0.39, 0.29) is 16.2 Å². The summed E-state index contributed by atoms with van der Waals surface area (Å²) < 4.78 is 13.3. The summed E-state index contributed by atoms with van der Waals surface area (Å²) in [5.74, 6) is 0. The van der Waals surface area contributed by atoms with Gasteiger partial charge in [-0.1, -0.05) is 140 Å². The van der Waals surface area contributed by atoms with Crippen molar-refractivity contribution < 1.29 is 8.83 Å². The third kappa shape index (κ3) is 5.17. The minimum atomic E-state index is -0.246. The second-order valence-corrected chi connectivity index (χ2v) is 18.2. The maximum absolute atomic E-state index is 6.86. The number of fused-ring (bicyclic) bond motifs is 10. The molecule has 0 spiro atoms. The molecule has 1 aliphatic carbocycles. The summed E-state index contributed by atoms with van der Waals surface area (Å²) in [6, 6.07) is 50.7. The van der Waals surface area contributed by atoms with Gasteiger partial charge >= 0.3 is 0 Å². The van der Waals surface area contributed by atoms with Crippen LogP contribution in [0.5, 0.6) is 0 Å². The Morgan fingerprint density at radius 3 is 1.93 bits per heavy atom. The normalized spacial score (nSPS) is 13.9. The monoisotopic (exact) mass is 729 g/mol. The molecular weight excluding hydrogens is 683 g/mol. The average molecular weight is 730 g/mol. The Hall–Kier alpha value is -6.06. The van der Waals surface area contributed by atoms with E-state index in [4.69, 9.17) is 8.83 Å². The molecular formula is C53H47NO2. The molecule has 7 aromatic carbocycles. The first kappa shape index (κ1) is 34.4. The zero-order valence-corrected chi connectivity index (χ0v) is 33.5. The molecule has 56 heavy (non-hydrogen) atoms. The zero-order valence-electron chi connectivity index (χ0n) is 33.5. The lowest BCUT2D eigenvalue weighted by molar-refractivity contribution is 0.559. The first-order chi connectivity index (χ1) is 26.8. The Morgan fingerprint density at radius 2 is 1.18 bits per heavy atom. The van der Waals surface area contributed by atoms with Crippen LogP contribution in [0.25, 0.3) is 66.1 Å². The number of hydrogen-bond donors (Lipinski definition) is 0. The van der Waals surface area contributed by atoms with Crippen LogP contribution in [0.15, 0.2) is 148 Å². The summed E-state index contributed by atoms with van der Waals surface area (Å²) in [7, 11) is 0. The summed E-state index contributed by atoms with van der Waals surface area (Å²) in [6.07, 6.45) is 0. The molecule has 0 unspecified atom stereocenters. The minimum absolute atomic E-state index is 0.00621. The zero-order chi connectivity index (χ0) is 38.7. The molecule has 0 fully saturated rings. The van der Waals surface area contributed by atoms with Crippen molar-refractivity contribution >= 4 is 60.9 Å². The van der Waals surface area contributed by atoms with Gasteiger partial charge in [0.05, 0.1) is 11.1 Å². The molecule has 0 radical (unpaired) electrons. The SMILES string of the molecule is CC(C)(C)c1cc(C(C)(C)C)c2oc3ccc4c(c3c2c1)-c1ccc(N(c2ccc(-c3ccccc3)cc2)c2cccc3oc5ccccc5c23)cc1C4(C)C. The smallest absolute Gasteiger partial charge is 0.139 e. The van der Waals surface area contributed by atoms with E-state index in [1.807, 2.05) is 6.07 Å². The van der Waals surface area contributed by atoms with Gasteiger partial charge in [-0.2, -0.15) is 0 Å². The van der Waals surface area contributed by atoms with Gasteiger partial charge < -0.3 is 13.7 Å². The van der Waals surface area contributed by atoms with Crippen LogP contribution in [0.1, 0.15) is 77.6 Å². The molecule has 10 rings (SSSR count). The number of hydrogen-bond acceptors (Lipinski definition) is 3. The van der Waals surface area contributed by atoms with Crippen molar-refractivity contribution in [2.24, 2.45) is 0 Å². The molecule has 2 aromatic heterocycles. The van der Waals surface area contributed by atoms with Gasteiger partial charge in [-0.3, -0.25) is 0 Å². The quantitative estimate of drug-likeness (QED) is 0.181. The Kier molecular flexibility index (Phi) is 7.36. The van der Waals surface area contributed by atoms with Crippen LogP contribution < -0.4 is 4.90 Å². The van der Waals surface area contributed by atoms with Crippen LogP contribution in [0, 0.1) is 0 Å². The van der Waals surface area contributed by atoms with Gasteiger partial charge in [-0.15, -0.1) is 0 Å². The van der Waals surface area contributed by atoms with E-state index < -0.39 is 0 Å². The molecule has 0 saturated carbocycles. The molecule has 2 heterocycles. The first-order valence-corrected chi connectivity index (χ1v) is 19.8. The van der Waals surface area contributed by atoms with Crippen molar-refractivity contribution in [1.29, 1.82) is 0 Å². The van der Waals surface area contributed by atoms with E-state index in [2.05, 4.69) is 194 Å². The van der Waals surface area contributed by atoms with Gasteiger partial charge in [0.15, 0.2) is 0 Å². The number of anilines is 3. The second-order valence-electron chi connectivity index (χ2n) is 18.2. The van der Waals surface area contributed by atoms with E-state index in [9.17, 15) is 0 Å². The fourth-order valence-electron chi connectivity index (χ4n) is 9.12. The Labute approximate surface area is 329 Å². The number of nitrogens with zero attached hydrogens (tertiary/aromatic N) is 1. The van der Waals surface area contributed by atoms with Crippen molar-refractivity contribution in [3.8, 4) is 22.3 Å². The molecule has 0 aliphatic heterocycles. The molecule has 0 N–H and O–H groups in total. The average Bonchev–Trinajstić information content (AvgIpc) is 3.82. The lowest BCUT2D eigenvalue weighted by Crippen LogP contribution is -2.16. The number of benzene rings is 7. The van der Waals surface area contributed by atoms with Crippen LogP contribution in [-0.4, -0.2) is 0 Å². The molecule has 3 heteroatoms. The van der Waals surface area contributed by atoms with Crippen LogP contribution in [0.3, 0.4) is 0 Å². The predicted molar refractivity (Wildman–Crippen MR) is 236 cm³/mol. The minimum Gasteiger partial charge on any atom is -0.456 e. The highest BCUT2D eigenvalue weighted by molar-refractivity contribution is 6.17. The lowest BCUT2D eigenvalue weighted by atomic mass is 9.79. The summed E-state index contributed by atoms with van der Waals surface area (Å²) in [4.78, 5) is 2.41. The van der Waals surface area contributed by atoms with E-state index in [1.165, 1.54) is 55.3 Å². The van der Waals surface area contributed by atoms with Gasteiger partial charge in [0, 0.05) is 38.5 Å². The standard InChI is InChI=1S/C53H47NO2/c1-51(2,3)34-29-39-49-46(56-50(39)42(30-34)52(4,5)6)28-27-40-47(49)37-26-25-36(31-41(37)53(40,7)8)54(35-23-21-33(22-24-35)32-15-10-9-11-16-32)43-18-14-20-45-48(43)38-17-12-13-19-44(38)55-45/h9-31H,1-8H3. The topological polar surface area (TPSA) is 29.5 Å². The highest BCUT2D eigenvalue weighted by atomic mass is 16.3. The first-order valence-electron chi connectivity index (χ1n) is 19.8. The van der Waals surface area contributed by atoms with Crippen molar-refractivity contribution in [2.75, 3.05) is 4.90 Å². The maximum atomic E-state index is 6.86. The van der Waals surface area contributed by atoms with Gasteiger partial charge in [0.1, 0.15) is 22.3 Å². The van der Waals surface area contributed by atoms with Crippen molar-refractivity contribution in [2.45, 2.75) is 71.6 Å². The molecule has 0 saturated heterocycles.